The monoisotopic (exact) mass is 525 g/mol. The molecule has 0 bridgehead atoms. The molecular formula is C29H35NO8. The zero-order valence-corrected chi connectivity index (χ0v) is 22.1. The fourth-order valence-electron chi connectivity index (χ4n) is 8.18. The number of likely N-dealkylation sites (tertiary alicyclic amines) is 1. The second-order valence-electron chi connectivity index (χ2n) is 12.7. The van der Waals surface area contributed by atoms with Gasteiger partial charge >= 0.3 is 17.9 Å². The van der Waals surface area contributed by atoms with Crippen LogP contribution in [0.15, 0.2) is 30.3 Å². The first-order valence-corrected chi connectivity index (χ1v) is 13.7. The number of aliphatic hydroxyl groups is 1. The zero-order valence-electron chi connectivity index (χ0n) is 22.1. The Morgan fingerprint density at radius 1 is 1.08 bits per heavy atom. The van der Waals surface area contributed by atoms with Crippen molar-refractivity contribution in [1.29, 1.82) is 0 Å². The van der Waals surface area contributed by atoms with Gasteiger partial charge in [0.05, 0.1) is 17.6 Å². The van der Waals surface area contributed by atoms with Crippen molar-refractivity contribution in [1.82, 2.24) is 4.90 Å². The minimum Gasteiger partial charge on any atom is -0.461 e. The molecular weight excluding hydrogens is 490 g/mol. The van der Waals surface area contributed by atoms with Gasteiger partial charge in [0.25, 0.3) is 5.91 Å². The van der Waals surface area contributed by atoms with Gasteiger partial charge in [-0.15, -0.1) is 0 Å². The van der Waals surface area contributed by atoms with E-state index in [0.717, 1.165) is 32.1 Å². The summed E-state index contributed by atoms with van der Waals surface area (Å²) in [6.07, 6.45) is 1.02. The van der Waals surface area contributed by atoms with Crippen molar-refractivity contribution < 1.29 is 38.5 Å². The maximum atomic E-state index is 14.3. The van der Waals surface area contributed by atoms with Gasteiger partial charge in [0.1, 0.15) is 16.9 Å². The Labute approximate surface area is 221 Å². The Hall–Kier alpha value is -2.94. The Bertz CT molecular complexity index is 1190. The number of hydrogen-bond donors (Lipinski definition) is 1. The van der Waals surface area contributed by atoms with Crippen molar-refractivity contribution in [3.63, 3.8) is 0 Å². The number of benzene rings is 1. The van der Waals surface area contributed by atoms with E-state index in [1.807, 2.05) is 20.8 Å². The van der Waals surface area contributed by atoms with Crippen molar-refractivity contribution in [3.05, 3.63) is 35.9 Å². The van der Waals surface area contributed by atoms with E-state index in [4.69, 9.17) is 14.2 Å². The summed E-state index contributed by atoms with van der Waals surface area (Å²) in [6.45, 7) is 5.79. The van der Waals surface area contributed by atoms with Gasteiger partial charge in [-0.2, -0.15) is 0 Å². The third-order valence-electron chi connectivity index (χ3n) is 9.98. The molecule has 0 aromatic heterocycles. The van der Waals surface area contributed by atoms with E-state index in [9.17, 15) is 24.3 Å². The molecule has 2 saturated carbocycles. The summed E-state index contributed by atoms with van der Waals surface area (Å²) in [7, 11) is 0. The van der Waals surface area contributed by atoms with Gasteiger partial charge in [-0.1, -0.05) is 58.2 Å². The van der Waals surface area contributed by atoms with E-state index in [1.165, 1.54) is 4.90 Å². The molecule has 1 aromatic rings. The molecule has 6 atom stereocenters. The Balaban J connectivity index is 1.53. The highest BCUT2D eigenvalue weighted by molar-refractivity contribution is 5.99. The quantitative estimate of drug-likeness (QED) is 0.471. The number of carbonyl (C=O) groups excluding carboxylic acids is 4. The molecule has 9 heteroatoms. The number of hydrogen-bond acceptors (Lipinski definition) is 8. The van der Waals surface area contributed by atoms with E-state index in [2.05, 4.69) is 0 Å². The maximum Gasteiger partial charge on any atom is 0.338 e. The van der Waals surface area contributed by atoms with Gasteiger partial charge in [-0.05, 0) is 36.3 Å². The molecule has 2 aliphatic carbocycles. The standard InChI is InChI=1S/C29H35NO8/c1-26(2,3)28(35)14-19-27(15-20(31)36-19)25(34)38-24-29(27,28)21(37-23(33)18-12-8-5-9-13-18)22(32)30(24)16-17-10-6-4-7-11-17/h5,8-9,12-13,17,19,21,24,35H,4,6-7,10-11,14-16H2,1-3H3/t19-,21-,24-,27-,28+,29+/m0/s1. The van der Waals surface area contributed by atoms with Crippen molar-refractivity contribution >= 4 is 23.8 Å². The molecule has 2 spiro atoms. The Morgan fingerprint density at radius 3 is 2.42 bits per heavy atom. The summed E-state index contributed by atoms with van der Waals surface area (Å²) >= 11 is 0. The molecule has 3 aliphatic heterocycles. The summed E-state index contributed by atoms with van der Waals surface area (Å²) in [6, 6.07) is 8.30. The van der Waals surface area contributed by atoms with E-state index < -0.39 is 64.1 Å². The van der Waals surface area contributed by atoms with Crippen LogP contribution in [0.1, 0.15) is 76.1 Å². The van der Waals surface area contributed by atoms with Gasteiger partial charge in [0, 0.05) is 13.0 Å². The van der Waals surface area contributed by atoms with E-state index in [0.29, 0.717) is 6.54 Å². The summed E-state index contributed by atoms with van der Waals surface area (Å²) in [5.74, 6) is -2.31. The van der Waals surface area contributed by atoms with Gasteiger partial charge in [-0.25, -0.2) is 4.79 Å². The average Bonchev–Trinajstić information content (AvgIpc) is 3.49. The highest BCUT2D eigenvalue weighted by Gasteiger charge is 2.93. The smallest absolute Gasteiger partial charge is 0.338 e. The zero-order chi connectivity index (χ0) is 27.1. The van der Waals surface area contributed by atoms with Crippen LogP contribution in [-0.2, 0) is 28.6 Å². The van der Waals surface area contributed by atoms with Crippen LogP contribution in [0.2, 0.25) is 0 Å². The SMILES string of the molecule is CC(C)(C)[C@]1(O)C[C@@H]2OC(=O)C[C@@]23C(=O)O[C@@H]2N(CC4CCCCC4)C(=O)[C@H](OC(=O)c4ccccc4)[C@]213. The topological polar surface area (TPSA) is 119 Å². The molecule has 204 valence electrons. The number of rotatable bonds is 4. The third-order valence-corrected chi connectivity index (χ3v) is 9.98. The van der Waals surface area contributed by atoms with Crippen LogP contribution in [0, 0.1) is 22.2 Å². The van der Waals surface area contributed by atoms with Gasteiger partial charge in [0.2, 0.25) is 0 Å². The highest BCUT2D eigenvalue weighted by Crippen LogP contribution is 2.76. The molecule has 1 aromatic carbocycles. The maximum absolute atomic E-state index is 14.3. The van der Waals surface area contributed by atoms with Crippen LogP contribution in [0.4, 0.5) is 0 Å². The molecule has 3 heterocycles. The van der Waals surface area contributed by atoms with Crippen molar-refractivity contribution in [3.8, 4) is 0 Å². The van der Waals surface area contributed by atoms with Crippen LogP contribution in [0.5, 0.6) is 0 Å². The summed E-state index contributed by atoms with van der Waals surface area (Å²) in [5.41, 5.74) is -5.74. The normalized spacial score (nSPS) is 38.5. The van der Waals surface area contributed by atoms with Gasteiger partial charge < -0.3 is 24.2 Å². The molecule has 1 amide bonds. The molecule has 1 N–H and O–H groups in total. The molecule has 5 fully saturated rings. The first-order valence-electron chi connectivity index (χ1n) is 13.7. The van der Waals surface area contributed by atoms with Crippen LogP contribution in [0.25, 0.3) is 0 Å². The first kappa shape index (κ1) is 25.3. The molecule has 5 aliphatic rings. The van der Waals surface area contributed by atoms with E-state index in [1.54, 1.807) is 30.3 Å². The van der Waals surface area contributed by atoms with Crippen molar-refractivity contribution in [2.75, 3.05) is 6.54 Å². The fourth-order valence-corrected chi connectivity index (χ4v) is 8.18. The Morgan fingerprint density at radius 2 is 1.76 bits per heavy atom. The molecule has 3 saturated heterocycles. The largest absolute Gasteiger partial charge is 0.461 e. The van der Waals surface area contributed by atoms with Gasteiger partial charge in [0.15, 0.2) is 12.3 Å². The number of esters is 3. The van der Waals surface area contributed by atoms with E-state index in [-0.39, 0.29) is 24.3 Å². The Kier molecular flexibility index (Phi) is 5.52. The highest BCUT2D eigenvalue weighted by atomic mass is 16.6. The predicted octanol–water partition coefficient (Wildman–Crippen LogP) is 2.99. The first-order chi connectivity index (χ1) is 18.0. The van der Waals surface area contributed by atoms with Crippen molar-refractivity contribution in [2.24, 2.45) is 22.2 Å². The summed E-state index contributed by atoms with van der Waals surface area (Å²) in [5, 5.41) is 12.7. The lowest BCUT2D eigenvalue weighted by Gasteiger charge is -2.51. The second-order valence-corrected chi connectivity index (χ2v) is 12.7. The molecule has 0 unspecified atom stereocenters. The van der Waals surface area contributed by atoms with Crippen LogP contribution in [0.3, 0.4) is 0 Å². The lowest BCUT2D eigenvalue weighted by atomic mass is 9.52. The number of ether oxygens (including phenoxy) is 3. The second kappa shape index (κ2) is 8.28. The fraction of sp³-hybridized carbons (Fsp3) is 0.655. The minimum absolute atomic E-state index is 0.0578. The lowest BCUT2D eigenvalue weighted by molar-refractivity contribution is -0.212. The molecule has 0 radical (unpaired) electrons. The molecule has 6 rings (SSSR count). The average molecular weight is 526 g/mol. The number of carbonyl (C=O) groups is 4. The van der Waals surface area contributed by atoms with Crippen molar-refractivity contribution in [2.45, 2.75) is 89.8 Å². The van der Waals surface area contributed by atoms with E-state index >= 15 is 0 Å². The van der Waals surface area contributed by atoms with Crippen LogP contribution < -0.4 is 0 Å². The minimum atomic E-state index is -1.74. The predicted molar refractivity (Wildman–Crippen MR) is 132 cm³/mol. The number of nitrogens with zero attached hydrogens (tertiary/aromatic N) is 1. The summed E-state index contributed by atoms with van der Waals surface area (Å²) < 4.78 is 17.7. The molecule has 9 nitrogen and oxygen atoms in total. The van der Waals surface area contributed by atoms with Crippen LogP contribution in [-0.4, -0.2) is 64.4 Å². The third kappa shape index (κ3) is 3.02. The lowest BCUT2D eigenvalue weighted by Crippen LogP contribution is -2.66. The van der Waals surface area contributed by atoms with Crippen LogP contribution >= 0.6 is 0 Å². The molecule has 38 heavy (non-hydrogen) atoms. The number of amides is 1. The van der Waals surface area contributed by atoms with Gasteiger partial charge in [-0.3, -0.25) is 14.4 Å². The summed E-state index contributed by atoms with van der Waals surface area (Å²) in [4.78, 5) is 55.8.